The number of carbonyl (C=O) groups excluding carboxylic acids is 1. The summed E-state index contributed by atoms with van der Waals surface area (Å²) in [5.74, 6) is 1.71. The third kappa shape index (κ3) is 4.13. The van der Waals surface area contributed by atoms with Crippen molar-refractivity contribution in [2.45, 2.75) is 46.7 Å². The summed E-state index contributed by atoms with van der Waals surface area (Å²) in [5.41, 5.74) is 3.40. The number of amides is 2. The fourth-order valence-electron chi connectivity index (χ4n) is 2.41. The molecular weight excluding hydrogens is 276 g/mol. The van der Waals surface area contributed by atoms with Gasteiger partial charge in [-0.3, -0.25) is 0 Å². The third-order valence-corrected chi connectivity index (χ3v) is 3.82. The number of rotatable bonds is 5. The smallest absolute Gasteiger partial charge is 0.315 e. The van der Waals surface area contributed by atoms with Crippen molar-refractivity contribution in [3.63, 3.8) is 0 Å². The summed E-state index contributed by atoms with van der Waals surface area (Å²) in [7, 11) is 0. The van der Waals surface area contributed by atoms with Gasteiger partial charge in [0.1, 0.15) is 11.5 Å². The quantitative estimate of drug-likeness (QED) is 0.876. The van der Waals surface area contributed by atoms with Crippen molar-refractivity contribution in [1.29, 1.82) is 0 Å². The lowest BCUT2D eigenvalue weighted by Crippen LogP contribution is -2.36. The fraction of sp³-hybridized carbons (Fsp3) is 0.389. The Morgan fingerprint density at radius 2 is 1.91 bits per heavy atom. The Bertz CT molecular complexity index is 629. The number of nitrogens with one attached hydrogen (secondary N) is 2. The predicted molar refractivity (Wildman–Crippen MR) is 87.8 cm³/mol. The van der Waals surface area contributed by atoms with Crippen molar-refractivity contribution in [3.05, 3.63) is 58.5 Å². The molecule has 2 N–H and O–H groups in total. The van der Waals surface area contributed by atoms with Crippen molar-refractivity contribution in [2.75, 3.05) is 0 Å². The van der Waals surface area contributed by atoms with Gasteiger partial charge in [-0.2, -0.15) is 0 Å². The summed E-state index contributed by atoms with van der Waals surface area (Å²) < 4.78 is 5.45. The van der Waals surface area contributed by atoms with Crippen LogP contribution in [0.4, 0.5) is 4.79 Å². The van der Waals surface area contributed by atoms with Crippen LogP contribution >= 0.6 is 0 Å². The summed E-state index contributed by atoms with van der Waals surface area (Å²) >= 11 is 0. The van der Waals surface area contributed by atoms with E-state index in [9.17, 15) is 4.79 Å². The molecule has 2 aromatic rings. The highest BCUT2D eigenvalue weighted by molar-refractivity contribution is 5.74. The van der Waals surface area contributed by atoms with Gasteiger partial charge in [0.05, 0.1) is 6.04 Å². The van der Waals surface area contributed by atoms with E-state index < -0.39 is 0 Å². The monoisotopic (exact) mass is 300 g/mol. The minimum atomic E-state index is -0.176. The lowest BCUT2D eigenvalue weighted by molar-refractivity contribution is 0.237. The maximum absolute atomic E-state index is 12.0. The second kappa shape index (κ2) is 7.16. The van der Waals surface area contributed by atoms with Crippen LogP contribution in [0, 0.1) is 13.8 Å². The Kier molecular flexibility index (Phi) is 5.26. The molecule has 4 heteroatoms. The number of urea groups is 1. The van der Waals surface area contributed by atoms with Gasteiger partial charge in [-0.15, -0.1) is 0 Å². The molecule has 0 bridgehead atoms. The molecule has 118 valence electrons. The zero-order chi connectivity index (χ0) is 16.1. The van der Waals surface area contributed by atoms with Crippen molar-refractivity contribution in [1.82, 2.24) is 10.6 Å². The summed E-state index contributed by atoms with van der Waals surface area (Å²) in [6.07, 6.45) is 1.02. The molecule has 1 aromatic carbocycles. The lowest BCUT2D eigenvalue weighted by atomic mass is 10.1. The van der Waals surface area contributed by atoms with E-state index in [1.165, 1.54) is 5.56 Å². The van der Waals surface area contributed by atoms with E-state index in [1.54, 1.807) is 0 Å². The van der Waals surface area contributed by atoms with Crippen LogP contribution in [0.1, 0.15) is 48.1 Å². The van der Waals surface area contributed by atoms with Crippen molar-refractivity contribution < 1.29 is 9.21 Å². The predicted octanol–water partition coefficient (Wildman–Crippen LogP) is 4.02. The topological polar surface area (TPSA) is 54.3 Å². The first-order valence-electron chi connectivity index (χ1n) is 7.68. The standard InChI is InChI=1S/C18H24N2O2/c1-5-15-6-8-16(9-7-15)13(3)20-18(21)19-11-17-10-12(2)22-14(17)4/h6-10,13H,5,11H2,1-4H3,(H2,19,20,21). The molecule has 2 rings (SSSR count). The molecule has 0 saturated heterocycles. The van der Waals surface area contributed by atoms with Crippen LogP contribution < -0.4 is 10.6 Å². The maximum atomic E-state index is 12.0. The summed E-state index contributed by atoms with van der Waals surface area (Å²) in [6, 6.07) is 10.1. The number of benzene rings is 1. The van der Waals surface area contributed by atoms with Crippen LogP contribution in [0.5, 0.6) is 0 Å². The van der Waals surface area contributed by atoms with Crippen LogP contribution in [0.3, 0.4) is 0 Å². The van der Waals surface area contributed by atoms with Gasteiger partial charge >= 0.3 is 6.03 Å². The molecule has 0 aliphatic carbocycles. The first-order chi connectivity index (χ1) is 10.5. The highest BCUT2D eigenvalue weighted by Crippen LogP contribution is 2.15. The molecule has 0 spiro atoms. The van der Waals surface area contributed by atoms with Crippen molar-refractivity contribution in [3.8, 4) is 0 Å². The number of hydrogen-bond donors (Lipinski definition) is 2. The number of hydrogen-bond acceptors (Lipinski definition) is 2. The minimum Gasteiger partial charge on any atom is -0.466 e. The van der Waals surface area contributed by atoms with Gasteiger partial charge in [0, 0.05) is 12.1 Å². The Labute approximate surface area is 131 Å². The van der Waals surface area contributed by atoms with E-state index in [0.717, 1.165) is 29.1 Å². The van der Waals surface area contributed by atoms with E-state index in [0.29, 0.717) is 6.54 Å². The molecule has 1 aromatic heterocycles. The molecule has 22 heavy (non-hydrogen) atoms. The number of carbonyl (C=O) groups is 1. The zero-order valence-electron chi connectivity index (χ0n) is 13.7. The second-order valence-corrected chi connectivity index (χ2v) is 5.58. The van der Waals surface area contributed by atoms with E-state index in [1.807, 2.05) is 26.8 Å². The van der Waals surface area contributed by atoms with Gasteiger partial charge in [0.2, 0.25) is 0 Å². The van der Waals surface area contributed by atoms with Crippen molar-refractivity contribution >= 4 is 6.03 Å². The SMILES string of the molecule is CCc1ccc(C(C)NC(=O)NCc2cc(C)oc2C)cc1. The molecule has 0 aliphatic rings. The average molecular weight is 300 g/mol. The number of aryl methyl sites for hydroxylation is 3. The van der Waals surface area contributed by atoms with Crippen LogP contribution in [0.15, 0.2) is 34.7 Å². The van der Waals surface area contributed by atoms with Gasteiger partial charge in [0.15, 0.2) is 0 Å². The largest absolute Gasteiger partial charge is 0.466 e. The molecule has 2 amide bonds. The Morgan fingerprint density at radius 1 is 1.23 bits per heavy atom. The molecule has 0 saturated carbocycles. The molecular formula is C18H24N2O2. The molecule has 0 aliphatic heterocycles. The van der Waals surface area contributed by atoms with Crippen LogP contribution in [0.2, 0.25) is 0 Å². The van der Waals surface area contributed by atoms with Crippen LogP contribution in [-0.2, 0) is 13.0 Å². The van der Waals surface area contributed by atoms with E-state index >= 15 is 0 Å². The van der Waals surface area contributed by atoms with Crippen LogP contribution in [0.25, 0.3) is 0 Å². The normalized spacial score (nSPS) is 12.0. The highest BCUT2D eigenvalue weighted by Gasteiger charge is 2.10. The van der Waals surface area contributed by atoms with Crippen LogP contribution in [-0.4, -0.2) is 6.03 Å². The van der Waals surface area contributed by atoms with E-state index in [2.05, 4.69) is 41.8 Å². The summed E-state index contributed by atoms with van der Waals surface area (Å²) in [4.78, 5) is 12.0. The first kappa shape index (κ1) is 16.1. The molecule has 1 heterocycles. The lowest BCUT2D eigenvalue weighted by Gasteiger charge is -2.15. The van der Waals surface area contributed by atoms with Gasteiger partial charge in [-0.1, -0.05) is 31.2 Å². The molecule has 4 nitrogen and oxygen atoms in total. The Hall–Kier alpha value is -2.23. The zero-order valence-corrected chi connectivity index (χ0v) is 13.7. The van der Waals surface area contributed by atoms with Gasteiger partial charge in [0.25, 0.3) is 0 Å². The fourth-order valence-corrected chi connectivity index (χ4v) is 2.41. The second-order valence-electron chi connectivity index (χ2n) is 5.58. The van der Waals surface area contributed by atoms with Gasteiger partial charge in [-0.05, 0) is 44.4 Å². The minimum absolute atomic E-state index is 0.0295. The highest BCUT2D eigenvalue weighted by atomic mass is 16.3. The third-order valence-electron chi connectivity index (χ3n) is 3.82. The molecule has 1 atom stereocenters. The summed E-state index contributed by atoms with van der Waals surface area (Å²) in [6.45, 7) is 8.38. The Morgan fingerprint density at radius 3 is 2.45 bits per heavy atom. The Balaban J connectivity index is 1.86. The van der Waals surface area contributed by atoms with E-state index in [-0.39, 0.29) is 12.1 Å². The summed E-state index contributed by atoms with van der Waals surface area (Å²) in [5, 5.41) is 5.82. The number of furan rings is 1. The van der Waals surface area contributed by atoms with Crippen molar-refractivity contribution in [2.24, 2.45) is 0 Å². The average Bonchev–Trinajstić information content (AvgIpc) is 2.83. The van der Waals surface area contributed by atoms with Gasteiger partial charge in [-0.25, -0.2) is 4.79 Å². The molecule has 0 fully saturated rings. The maximum Gasteiger partial charge on any atom is 0.315 e. The first-order valence-corrected chi connectivity index (χ1v) is 7.68. The molecule has 0 radical (unpaired) electrons. The van der Waals surface area contributed by atoms with Gasteiger partial charge < -0.3 is 15.1 Å². The molecule has 1 unspecified atom stereocenters. The van der Waals surface area contributed by atoms with E-state index in [4.69, 9.17) is 4.42 Å².